The Morgan fingerprint density at radius 2 is 1.88 bits per heavy atom. The Labute approximate surface area is 142 Å². The standard InChI is InChI=1S/C19H24N4O/c24-19-18(8-11-23(19)17-4-2-1-3-5-17)22-9-6-15(7-10-22)12-16-13-20-14-21-16/h1-5,13-15,18H,6-12H2,(H,20,21). The molecule has 0 saturated carbocycles. The number of nitrogens with one attached hydrogen (secondary N) is 1. The number of rotatable bonds is 4. The van der Waals surface area contributed by atoms with Gasteiger partial charge in [0.05, 0.1) is 12.4 Å². The number of carbonyl (C=O) groups is 1. The summed E-state index contributed by atoms with van der Waals surface area (Å²) in [5.74, 6) is 0.969. The van der Waals surface area contributed by atoms with E-state index in [9.17, 15) is 4.79 Å². The van der Waals surface area contributed by atoms with Crippen LogP contribution in [-0.2, 0) is 11.2 Å². The van der Waals surface area contributed by atoms with Crippen molar-refractivity contribution >= 4 is 11.6 Å². The van der Waals surface area contributed by atoms with Crippen LogP contribution < -0.4 is 4.90 Å². The summed E-state index contributed by atoms with van der Waals surface area (Å²) < 4.78 is 0. The summed E-state index contributed by atoms with van der Waals surface area (Å²) in [4.78, 5) is 24.5. The van der Waals surface area contributed by atoms with E-state index in [-0.39, 0.29) is 11.9 Å². The molecule has 1 N–H and O–H groups in total. The van der Waals surface area contributed by atoms with Crippen molar-refractivity contribution in [1.82, 2.24) is 14.9 Å². The van der Waals surface area contributed by atoms with Gasteiger partial charge in [0.2, 0.25) is 5.91 Å². The average molecular weight is 324 g/mol. The van der Waals surface area contributed by atoms with E-state index in [1.807, 2.05) is 41.4 Å². The predicted molar refractivity (Wildman–Crippen MR) is 93.8 cm³/mol. The summed E-state index contributed by atoms with van der Waals surface area (Å²) in [6.07, 6.45) is 8.01. The maximum Gasteiger partial charge on any atom is 0.244 e. The number of amides is 1. The molecule has 5 nitrogen and oxygen atoms in total. The lowest BCUT2D eigenvalue weighted by Crippen LogP contribution is -2.46. The van der Waals surface area contributed by atoms with E-state index in [1.165, 1.54) is 5.69 Å². The number of carbonyl (C=O) groups excluding carboxylic acids is 1. The minimum atomic E-state index is 0.0679. The second-order valence-corrected chi connectivity index (χ2v) is 6.89. The SMILES string of the molecule is O=C1C(N2CCC(Cc3cnc[nH]3)CC2)CCN1c1ccccc1. The van der Waals surface area contributed by atoms with E-state index < -0.39 is 0 Å². The molecular weight excluding hydrogens is 300 g/mol. The van der Waals surface area contributed by atoms with Gasteiger partial charge in [-0.3, -0.25) is 9.69 Å². The summed E-state index contributed by atoms with van der Waals surface area (Å²) in [6, 6.07) is 10.1. The van der Waals surface area contributed by atoms with Gasteiger partial charge in [-0.15, -0.1) is 0 Å². The van der Waals surface area contributed by atoms with E-state index in [2.05, 4.69) is 14.9 Å². The molecule has 2 fully saturated rings. The summed E-state index contributed by atoms with van der Waals surface area (Å²) in [6.45, 7) is 2.89. The Kier molecular flexibility index (Phi) is 4.34. The van der Waals surface area contributed by atoms with Crippen molar-refractivity contribution in [2.45, 2.75) is 31.7 Å². The van der Waals surface area contributed by atoms with Gasteiger partial charge in [-0.2, -0.15) is 0 Å². The number of nitrogens with zero attached hydrogens (tertiary/aromatic N) is 3. The highest BCUT2D eigenvalue weighted by atomic mass is 16.2. The molecule has 1 aromatic heterocycles. The third-order valence-electron chi connectivity index (χ3n) is 5.40. The first-order valence-corrected chi connectivity index (χ1v) is 8.89. The molecule has 3 heterocycles. The van der Waals surface area contributed by atoms with Crippen molar-refractivity contribution in [3.8, 4) is 0 Å². The maximum absolute atomic E-state index is 12.8. The van der Waals surface area contributed by atoms with Gasteiger partial charge in [-0.05, 0) is 56.8 Å². The van der Waals surface area contributed by atoms with E-state index >= 15 is 0 Å². The molecule has 2 aliphatic heterocycles. The molecule has 5 heteroatoms. The first-order chi connectivity index (χ1) is 11.8. The monoisotopic (exact) mass is 324 g/mol. The number of likely N-dealkylation sites (tertiary alicyclic amines) is 1. The van der Waals surface area contributed by atoms with Gasteiger partial charge in [0.15, 0.2) is 0 Å². The minimum absolute atomic E-state index is 0.0679. The van der Waals surface area contributed by atoms with Crippen LogP contribution in [0.15, 0.2) is 42.9 Å². The van der Waals surface area contributed by atoms with Gasteiger partial charge >= 0.3 is 0 Å². The fourth-order valence-corrected chi connectivity index (χ4v) is 4.04. The number of hydrogen-bond acceptors (Lipinski definition) is 3. The van der Waals surface area contributed by atoms with Crippen molar-refractivity contribution in [1.29, 1.82) is 0 Å². The van der Waals surface area contributed by atoms with Crippen LogP contribution in [0, 0.1) is 5.92 Å². The molecule has 2 aromatic rings. The Balaban J connectivity index is 1.34. The van der Waals surface area contributed by atoms with E-state index in [1.54, 1.807) is 6.33 Å². The molecule has 0 bridgehead atoms. The van der Waals surface area contributed by atoms with Gasteiger partial charge in [0, 0.05) is 24.1 Å². The second kappa shape index (κ2) is 6.77. The molecule has 1 aromatic carbocycles. The number of piperidine rings is 1. The second-order valence-electron chi connectivity index (χ2n) is 6.89. The van der Waals surface area contributed by atoms with E-state index in [0.717, 1.165) is 51.0 Å². The molecule has 0 aliphatic carbocycles. The molecule has 0 radical (unpaired) electrons. The molecule has 1 atom stereocenters. The molecule has 2 aliphatic rings. The van der Waals surface area contributed by atoms with E-state index in [0.29, 0.717) is 5.92 Å². The molecule has 0 spiro atoms. The lowest BCUT2D eigenvalue weighted by molar-refractivity contribution is -0.122. The lowest BCUT2D eigenvalue weighted by atomic mass is 9.91. The molecule has 126 valence electrons. The number of para-hydroxylation sites is 1. The van der Waals surface area contributed by atoms with Crippen LogP contribution in [0.25, 0.3) is 0 Å². The highest BCUT2D eigenvalue weighted by Crippen LogP contribution is 2.28. The molecule has 2 saturated heterocycles. The zero-order valence-corrected chi connectivity index (χ0v) is 13.9. The summed E-state index contributed by atoms with van der Waals surface area (Å²) >= 11 is 0. The highest BCUT2D eigenvalue weighted by molar-refractivity contribution is 5.99. The minimum Gasteiger partial charge on any atom is -0.348 e. The van der Waals surface area contributed by atoms with Crippen LogP contribution >= 0.6 is 0 Å². The quantitative estimate of drug-likeness (QED) is 0.940. The van der Waals surface area contributed by atoms with Crippen LogP contribution in [0.3, 0.4) is 0 Å². The first-order valence-electron chi connectivity index (χ1n) is 8.89. The zero-order chi connectivity index (χ0) is 16.4. The third kappa shape index (κ3) is 3.08. The van der Waals surface area contributed by atoms with Gasteiger partial charge in [0.25, 0.3) is 0 Å². The zero-order valence-electron chi connectivity index (χ0n) is 13.9. The first kappa shape index (κ1) is 15.4. The maximum atomic E-state index is 12.8. The summed E-state index contributed by atoms with van der Waals surface area (Å²) in [5.41, 5.74) is 2.25. The Hall–Kier alpha value is -2.14. The van der Waals surface area contributed by atoms with Crippen LogP contribution in [0.1, 0.15) is 25.0 Å². The Morgan fingerprint density at radius 1 is 1.08 bits per heavy atom. The molecule has 24 heavy (non-hydrogen) atoms. The lowest BCUT2D eigenvalue weighted by Gasteiger charge is -2.35. The van der Waals surface area contributed by atoms with Gasteiger partial charge in [-0.25, -0.2) is 4.98 Å². The predicted octanol–water partition coefficient (Wildman–Crippen LogP) is 2.47. The third-order valence-corrected chi connectivity index (χ3v) is 5.40. The largest absolute Gasteiger partial charge is 0.348 e. The number of benzene rings is 1. The fraction of sp³-hybridized carbons (Fsp3) is 0.474. The number of hydrogen-bond donors (Lipinski definition) is 1. The molecule has 1 unspecified atom stereocenters. The summed E-state index contributed by atoms with van der Waals surface area (Å²) in [7, 11) is 0. The van der Waals surface area contributed by atoms with Crippen molar-refractivity contribution in [3.05, 3.63) is 48.5 Å². The topological polar surface area (TPSA) is 52.2 Å². The summed E-state index contributed by atoms with van der Waals surface area (Å²) in [5, 5.41) is 0. The average Bonchev–Trinajstić information content (AvgIpc) is 3.26. The van der Waals surface area contributed by atoms with Crippen LogP contribution in [0.2, 0.25) is 0 Å². The highest BCUT2D eigenvalue weighted by Gasteiger charge is 2.37. The van der Waals surface area contributed by atoms with Crippen molar-refractivity contribution in [3.63, 3.8) is 0 Å². The van der Waals surface area contributed by atoms with Gasteiger partial charge in [0.1, 0.15) is 0 Å². The number of aromatic amines is 1. The molecule has 1 amide bonds. The van der Waals surface area contributed by atoms with Gasteiger partial charge in [-0.1, -0.05) is 18.2 Å². The van der Waals surface area contributed by atoms with Crippen molar-refractivity contribution < 1.29 is 4.79 Å². The smallest absolute Gasteiger partial charge is 0.244 e. The number of imidazole rings is 1. The number of anilines is 1. The molecule has 4 rings (SSSR count). The number of aromatic nitrogens is 2. The normalized spacial score (nSPS) is 23.1. The fourth-order valence-electron chi connectivity index (χ4n) is 4.04. The van der Waals surface area contributed by atoms with Crippen LogP contribution in [0.4, 0.5) is 5.69 Å². The number of H-pyrrole nitrogens is 1. The Morgan fingerprint density at radius 3 is 2.58 bits per heavy atom. The Bertz CT molecular complexity index is 662. The van der Waals surface area contributed by atoms with Crippen molar-refractivity contribution in [2.75, 3.05) is 24.5 Å². The van der Waals surface area contributed by atoms with Gasteiger partial charge < -0.3 is 9.88 Å². The molecular formula is C19H24N4O. The van der Waals surface area contributed by atoms with E-state index in [4.69, 9.17) is 0 Å². The van der Waals surface area contributed by atoms with Crippen molar-refractivity contribution in [2.24, 2.45) is 5.92 Å². The van der Waals surface area contributed by atoms with Crippen LogP contribution in [-0.4, -0.2) is 46.5 Å². The van der Waals surface area contributed by atoms with Crippen LogP contribution in [0.5, 0.6) is 0 Å².